The minimum absolute atomic E-state index is 0.126. The number of hydrogen-bond acceptors (Lipinski definition) is 5. The molecule has 130 valence electrons. The fourth-order valence-corrected chi connectivity index (χ4v) is 2.86. The number of rotatable bonds is 8. The van der Waals surface area contributed by atoms with E-state index in [1.54, 1.807) is 16.7 Å². The van der Waals surface area contributed by atoms with Crippen LogP contribution in [0.25, 0.3) is 0 Å². The predicted octanol–water partition coefficient (Wildman–Crippen LogP) is 0.718. The van der Waals surface area contributed by atoms with Crippen LogP contribution in [0.4, 0.5) is 4.79 Å². The quantitative estimate of drug-likeness (QED) is 0.473. The summed E-state index contributed by atoms with van der Waals surface area (Å²) >= 11 is 1.64. The summed E-state index contributed by atoms with van der Waals surface area (Å²) in [5.74, 6) is -0.568. The van der Waals surface area contributed by atoms with E-state index >= 15 is 0 Å². The number of carbonyl (C=O) groups is 3. The van der Waals surface area contributed by atoms with Gasteiger partial charge < -0.3 is 15.3 Å². The van der Waals surface area contributed by atoms with E-state index in [4.69, 9.17) is 0 Å². The lowest BCUT2D eigenvalue weighted by Gasteiger charge is -2.22. The van der Waals surface area contributed by atoms with Crippen LogP contribution in [0.2, 0.25) is 0 Å². The van der Waals surface area contributed by atoms with Crippen LogP contribution in [0, 0.1) is 0 Å². The molecule has 0 aliphatic carbocycles. The second-order valence-corrected chi connectivity index (χ2v) is 6.32. The van der Waals surface area contributed by atoms with E-state index in [1.807, 2.05) is 30.5 Å². The first-order valence-corrected chi connectivity index (χ1v) is 8.89. The number of benzene rings is 1. The van der Waals surface area contributed by atoms with Crippen molar-refractivity contribution in [2.24, 2.45) is 0 Å². The second-order valence-electron chi connectivity index (χ2n) is 5.44. The molecule has 1 aromatic rings. The average Bonchev–Trinajstić information content (AvgIpc) is 2.90. The Bertz CT molecular complexity index is 606. The van der Waals surface area contributed by atoms with Gasteiger partial charge in [0.15, 0.2) is 0 Å². The van der Waals surface area contributed by atoms with Crippen molar-refractivity contribution in [1.82, 2.24) is 15.5 Å². The van der Waals surface area contributed by atoms with E-state index in [-0.39, 0.29) is 31.9 Å². The molecule has 0 aromatic heterocycles. The second kappa shape index (κ2) is 8.70. The Hall–Kier alpha value is -2.06. The zero-order chi connectivity index (χ0) is 17.5. The molecule has 3 N–H and O–H groups in total. The van der Waals surface area contributed by atoms with Gasteiger partial charge in [-0.3, -0.25) is 14.9 Å². The van der Waals surface area contributed by atoms with Crippen molar-refractivity contribution < 1.29 is 19.5 Å². The Morgan fingerprint density at radius 1 is 1.29 bits per heavy atom. The number of thioether (sulfide) groups is 1. The highest BCUT2D eigenvalue weighted by Crippen LogP contribution is 2.16. The molecule has 1 unspecified atom stereocenters. The van der Waals surface area contributed by atoms with Gasteiger partial charge in [0.1, 0.15) is 6.04 Å². The summed E-state index contributed by atoms with van der Waals surface area (Å²) in [6.07, 6.45) is 2.36. The van der Waals surface area contributed by atoms with Gasteiger partial charge in [-0.2, -0.15) is 0 Å². The molecule has 7 nitrogen and oxygen atoms in total. The van der Waals surface area contributed by atoms with Gasteiger partial charge in [0.2, 0.25) is 5.91 Å². The summed E-state index contributed by atoms with van der Waals surface area (Å²) in [4.78, 5) is 37.6. The van der Waals surface area contributed by atoms with E-state index in [0.717, 1.165) is 10.5 Å². The number of carbonyl (C=O) groups excluding carboxylic acids is 3. The van der Waals surface area contributed by atoms with Crippen molar-refractivity contribution in [1.29, 1.82) is 0 Å². The maximum absolute atomic E-state index is 12.4. The van der Waals surface area contributed by atoms with Crippen molar-refractivity contribution >= 4 is 29.6 Å². The average molecular weight is 351 g/mol. The third kappa shape index (κ3) is 4.97. The summed E-state index contributed by atoms with van der Waals surface area (Å²) in [6, 6.07) is 6.68. The molecular formula is C16H21N3O4S. The highest BCUT2D eigenvalue weighted by molar-refractivity contribution is 7.98. The van der Waals surface area contributed by atoms with Crippen molar-refractivity contribution in [3.05, 3.63) is 29.8 Å². The molecule has 8 heteroatoms. The third-order valence-electron chi connectivity index (χ3n) is 3.76. The number of aliphatic hydroxyl groups is 1. The van der Waals surface area contributed by atoms with Crippen LogP contribution in [-0.4, -0.2) is 53.3 Å². The largest absolute Gasteiger partial charge is 0.395 e. The molecule has 1 fully saturated rings. The van der Waals surface area contributed by atoms with Crippen LogP contribution in [0.15, 0.2) is 29.2 Å². The fraction of sp³-hybridized carbons (Fsp3) is 0.438. The molecule has 0 bridgehead atoms. The van der Waals surface area contributed by atoms with Crippen LogP contribution < -0.4 is 10.6 Å². The van der Waals surface area contributed by atoms with E-state index in [1.165, 1.54) is 0 Å². The first kappa shape index (κ1) is 18.3. The first-order chi connectivity index (χ1) is 11.5. The van der Waals surface area contributed by atoms with E-state index in [0.29, 0.717) is 6.54 Å². The first-order valence-electron chi connectivity index (χ1n) is 7.66. The molecular weight excluding hydrogens is 330 g/mol. The molecule has 1 aliphatic heterocycles. The summed E-state index contributed by atoms with van der Waals surface area (Å²) in [5.41, 5.74) is 0.974. The lowest BCUT2D eigenvalue weighted by atomic mass is 10.1. The Balaban J connectivity index is 1.91. The standard InChI is InChI=1S/C16H21N3O4S/c1-24-12-4-2-11(3-5-12)10-19(8-9-20)14(21)7-6-13-15(22)18-16(23)17-13/h2-5,13,20H,6-10H2,1H3,(H2,17,18,22,23). The molecule has 24 heavy (non-hydrogen) atoms. The zero-order valence-corrected chi connectivity index (χ0v) is 14.3. The number of amides is 4. The van der Waals surface area contributed by atoms with Gasteiger partial charge in [0.05, 0.1) is 6.61 Å². The van der Waals surface area contributed by atoms with E-state index in [9.17, 15) is 19.5 Å². The maximum Gasteiger partial charge on any atom is 0.322 e. The highest BCUT2D eigenvalue weighted by Gasteiger charge is 2.30. The van der Waals surface area contributed by atoms with Gasteiger partial charge in [-0.05, 0) is 30.4 Å². The molecule has 0 radical (unpaired) electrons. The van der Waals surface area contributed by atoms with Crippen molar-refractivity contribution in [2.45, 2.75) is 30.3 Å². The molecule has 4 amide bonds. The number of nitrogens with one attached hydrogen (secondary N) is 2. The van der Waals surface area contributed by atoms with E-state index < -0.39 is 18.0 Å². The maximum atomic E-state index is 12.4. The Morgan fingerprint density at radius 2 is 2.00 bits per heavy atom. The van der Waals surface area contributed by atoms with Gasteiger partial charge in [-0.1, -0.05) is 12.1 Å². The Kier molecular flexibility index (Phi) is 6.62. The van der Waals surface area contributed by atoms with Crippen LogP contribution >= 0.6 is 11.8 Å². The molecule has 1 heterocycles. The highest BCUT2D eigenvalue weighted by atomic mass is 32.2. The van der Waals surface area contributed by atoms with Gasteiger partial charge in [0, 0.05) is 24.4 Å². The summed E-state index contributed by atoms with van der Waals surface area (Å²) in [6.45, 7) is 0.499. The van der Waals surface area contributed by atoms with Crippen LogP contribution in [0.3, 0.4) is 0 Å². The molecule has 1 aliphatic rings. The summed E-state index contributed by atoms with van der Waals surface area (Å²) in [5, 5.41) is 13.8. The van der Waals surface area contributed by atoms with Crippen LogP contribution in [0.1, 0.15) is 18.4 Å². The lowest BCUT2D eigenvalue weighted by Crippen LogP contribution is -2.35. The van der Waals surface area contributed by atoms with Gasteiger partial charge in [0.25, 0.3) is 5.91 Å². The SMILES string of the molecule is CSc1ccc(CN(CCO)C(=O)CCC2NC(=O)NC2=O)cc1. The van der Waals surface area contributed by atoms with E-state index in [2.05, 4.69) is 10.6 Å². The smallest absolute Gasteiger partial charge is 0.322 e. The van der Waals surface area contributed by atoms with Crippen molar-refractivity contribution in [3.8, 4) is 0 Å². The number of aliphatic hydroxyl groups excluding tert-OH is 1. The predicted molar refractivity (Wildman–Crippen MR) is 90.4 cm³/mol. The fourth-order valence-electron chi connectivity index (χ4n) is 2.45. The molecule has 0 spiro atoms. The molecule has 0 saturated carbocycles. The van der Waals surface area contributed by atoms with Gasteiger partial charge in [-0.25, -0.2) is 4.79 Å². The summed E-state index contributed by atoms with van der Waals surface area (Å²) in [7, 11) is 0. The normalized spacial score (nSPS) is 16.7. The lowest BCUT2D eigenvalue weighted by molar-refractivity contribution is -0.132. The topological polar surface area (TPSA) is 98.7 Å². The Morgan fingerprint density at radius 3 is 2.54 bits per heavy atom. The van der Waals surface area contributed by atoms with Crippen molar-refractivity contribution in [3.63, 3.8) is 0 Å². The zero-order valence-electron chi connectivity index (χ0n) is 13.4. The minimum Gasteiger partial charge on any atom is -0.395 e. The van der Waals surface area contributed by atoms with Crippen molar-refractivity contribution in [2.75, 3.05) is 19.4 Å². The molecule has 1 aromatic carbocycles. The number of imide groups is 1. The van der Waals surface area contributed by atoms with Gasteiger partial charge in [-0.15, -0.1) is 11.8 Å². The third-order valence-corrected chi connectivity index (χ3v) is 4.50. The van der Waals surface area contributed by atoms with Gasteiger partial charge >= 0.3 is 6.03 Å². The Labute approximate surface area is 144 Å². The monoisotopic (exact) mass is 351 g/mol. The number of urea groups is 1. The van der Waals surface area contributed by atoms with Crippen LogP contribution in [-0.2, 0) is 16.1 Å². The number of hydrogen-bond donors (Lipinski definition) is 3. The molecule has 1 saturated heterocycles. The minimum atomic E-state index is -0.668. The summed E-state index contributed by atoms with van der Waals surface area (Å²) < 4.78 is 0. The van der Waals surface area contributed by atoms with Crippen LogP contribution in [0.5, 0.6) is 0 Å². The number of nitrogens with zero attached hydrogens (tertiary/aromatic N) is 1. The molecule has 2 rings (SSSR count). The molecule has 1 atom stereocenters.